The van der Waals surface area contributed by atoms with E-state index in [0.717, 1.165) is 48.9 Å². The van der Waals surface area contributed by atoms with Crippen LogP contribution in [0.5, 0.6) is 0 Å². The molecular weight excluding hydrogens is 454 g/mol. The van der Waals surface area contributed by atoms with E-state index in [0.29, 0.717) is 17.8 Å². The van der Waals surface area contributed by atoms with E-state index in [1.807, 2.05) is 32.0 Å². The third-order valence-electron chi connectivity index (χ3n) is 7.18. The van der Waals surface area contributed by atoms with E-state index in [-0.39, 0.29) is 17.2 Å². The monoisotopic (exact) mass is 493 g/mol. The molecule has 36 heavy (non-hydrogen) atoms. The molecule has 0 spiro atoms. The number of para-hydroxylation sites is 1. The van der Waals surface area contributed by atoms with Crippen LogP contribution >= 0.6 is 0 Å². The standard InChI is InChI=1S/C30H39NO5/c1-6-21-11-10-12-22(7-2)28(21)31-27(32)18-35-29(33)24-13-8-9-14-25(24)30(34)36-26-17-20(5)15-16-23(26)19(3)4/h8-14,19-20,23,26H,6-7,15-18H2,1-5H3,(H,31,32)/t20-,23-,26+/m0/s1. The van der Waals surface area contributed by atoms with Gasteiger partial charge >= 0.3 is 11.9 Å². The molecule has 0 unspecified atom stereocenters. The van der Waals surface area contributed by atoms with Crippen molar-refractivity contribution in [1.82, 2.24) is 0 Å². The summed E-state index contributed by atoms with van der Waals surface area (Å²) < 4.78 is 11.2. The molecule has 0 heterocycles. The minimum absolute atomic E-state index is 0.100. The molecule has 2 aromatic carbocycles. The summed E-state index contributed by atoms with van der Waals surface area (Å²) in [7, 11) is 0. The zero-order valence-corrected chi connectivity index (χ0v) is 22.1. The zero-order valence-electron chi connectivity index (χ0n) is 22.1. The number of rotatable bonds is 9. The van der Waals surface area contributed by atoms with Gasteiger partial charge in [-0.3, -0.25) is 4.79 Å². The number of nitrogens with one attached hydrogen (secondary N) is 1. The van der Waals surface area contributed by atoms with Crippen molar-refractivity contribution in [2.45, 2.75) is 72.8 Å². The maximum absolute atomic E-state index is 13.1. The molecule has 1 fully saturated rings. The highest BCUT2D eigenvalue weighted by molar-refractivity contribution is 6.04. The summed E-state index contributed by atoms with van der Waals surface area (Å²) in [5.74, 6) is -0.486. The van der Waals surface area contributed by atoms with Gasteiger partial charge in [-0.15, -0.1) is 0 Å². The first-order chi connectivity index (χ1) is 17.2. The van der Waals surface area contributed by atoms with E-state index in [9.17, 15) is 14.4 Å². The fourth-order valence-electron chi connectivity index (χ4n) is 5.08. The van der Waals surface area contributed by atoms with E-state index in [1.54, 1.807) is 18.2 Å². The Balaban J connectivity index is 1.67. The normalized spacial score (nSPS) is 19.6. The van der Waals surface area contributed by atoms with E-state index in [1.165, 1.54) is 6.07 Å². The molecule has 1 aliphatic carbocycles. The number of hydrogen-bond acceptors (Lipinski definition) is 5. The van der Waals surface area contributed by atoms with Crippen molar-refractivity contribution < 1.29 is 23.9 Å². The Morgan fingerprint density at radius 3 is 2.11 bits per heavy atom. The van der Waals surface area contributed by atoms with Crippen LogP contribution in [0.25, 0.3) is 0 Å². The third-order valence-corrected chi connectivity index (χ3v) is 7.18. The quantitative estimate of drug-likeness (QED) is 0.419. The fourth-order valence-corrected chi connectivity index (χ4v) is 5.08. The van der Waals surface area contributed by atoms with Crippen LogP contribution in [0.1, 0.15) is 85.7 Å². The van der Waals surface area contributed by atoms with E-state index < -0.39 is 24.5 Å². The smallest absolute Gasteiger partial charge is 0.339 e. The van der Waals surface area contributed by atoms with Crippen molar-refractivity contribution in [2.24, 2.45) is 17.8 Å². The highest BCUT2D eigenvalue weighted by atomic mass is 16.5. The van der Waals surface area contributed by atoms with Crippen LogP contribution in [0.2, 0.25) is 0 Å². The van der Waals surface area contributed by atoms with Gasteiger partial charge in [0.2, 0.25) is 0 Å². The lowest BCUT2D eigenvalue weighted by Crippen LogP contribution is -2.36. The van der Waals surface area contributed by atoms with Gasteiger partial charge < -0.3 is 14.8 Å². The first-order valence-corrected chi connectivity index (χ1v) is 13.1. The van der Waals surface area contributed by atoms with Crippen molar-refractivity contribution in [1.29, 1.82) is 0 Å². The molecule has 0 radical (unpaired) electrons. The van der Waals surface area contributed by atoms with Crippen molar-refractivity contribution >= 4 is 23.5 Å². The van der Waals surface area contributed by atoms with Crippen LogP contribution < -0.4 is 5.32 Å². The Morgan fingerprint density at radius 1 is 0.917 bits per heavy atom. The van der Waals surface area contributed by atoms with Gasteiger partial charge in [-0.2, -0.15) is 0 Å². The van der Waals surface area contributed by atoms with Crippen LogP contribution in [0.15, 0.2) is 42.5 Å². The molecule has 3 atom stereocenters. The number of carbonyl (C=O) groups is 3. The number of amides is 1. The molecule has 1 saturated carbocycles. The summed E-state index contributed by atoms with van der Waals surface area (Å²) in [6.45, 7) is 10.1. The topological polar surface area (TPSA) is 81.7 Å². The maximum atomic E-state index is 13.1. The molecule has 3 rings (SSSR count). The first-order valence-electron chi connectivity index (χ1n) is 13.1. The Labute approximate surface area is 214 Å². The fraction of sp³-hybridized carbons (Fsp3) is 0.500. The second-order valence-corrected chi connectivity index (χ2v) is 10.1. The van der Waals surface area contributed by atoms with Gasteiger partial charge in [-0.25, -0.2) is 9.59 Å². The Morgan fingerprint density at radius 2 is 1.53 bits per heavy atom. The van der Waals surface area contributed by atoms with E-state index in [4.69, 9.17) is 9.47 Å². The molecule has 1 N–H and O–H groups in total. The molecule has 0 saturated heterocycles. The molecule has 0 bridgehead atoms. The van der Waals surface area contributed by atoms with Crippen LogP contribution in [-0.4, -0.2) is 30.6 Å². The maximum Gasteiger partial charge on any atom is 0.339 e. The van der Waals surface area contributed by atoms with E-state index >= 15 is 0 Å². The molecule has 6 nitrogen and oxygen atoms in total. The van der Waals surface area contributed by atoms with Crippen LogP contribution in [0.3, 0.4) is 0 Å². The van der Waals surface area contributed by atoms with Crippen molar-refractivity contribution in [3.63, 3.8) is 0 Å². The molecule has 2 aromatic rings. The van der Waals surface area contributed by atoms with Gasteiger partial charge in [0.15, 0.2) is 6.61 Å². The van der Waals surface area contributed by atoms with Crippen LogP contribution in [-0.2, 0) is 27.1 Å². The largest absolute Gasteiger partial charge is 0.458 e. The van der Waals surface area contributed by atoms with Gasteiger partial charge in [-0.1, -0.05) is 71.4 Å². The SMILES string of the molecule is CCc1cccc(CC)c1NC(=O)COC(=O)c1ccccc1C(=O)O[C@@H]1C[C@@H](C)CC[C@H]1C(C)C. The minimum Gasteiger partial charge on any atom is -0.458 e. The average Bonchev–Trinajstić information content (AvgIpc) is 2.87. The van der Waals surface area contributed by atoms with Gasteiger partial charge in [0.05, 0.1) is 11.1 Å². The van der Waals surface area contributed by atoms with Gasteiger partial charge in [0, 0.05) is 5.69 Å². The first kappa shape index (κ1) is 27.4. The van der Waals surface area contributed by atoms with Crippen molar-refractivity contribution in [2.75, 3.05) is 11.9 Å². The Kier molecular flexibility index (Phi) is 9.68. The average molecular weight is 494 g/mol. The van der Waals surface area contributed by atoms with Crippen LogP contribution in [0.4, 0.5) is 5.69 Å². The van der Waals surface area contributed by atoms with E-state index in [2.05, 4.69) is 26.1 Å². The molecule has 6 heteroatoms. The lowest BCUT2D eigenvalue weighted by molar-refractivity contribution is -0.119. The summed E-state index contributed by atoms with van der Waals surface area (Å²) in [4.78, 5) is 38.6. The summed E-state index contributed by atoms with van der Waals surface area (Å²) in [6.07, 6.45) is 4.34. The summed E-state index contributed by atoms with van der Waals surface area (Å²) >= 11 is 0. The second kappa shape index (κ2) is 12.7. The van der Waals surface area contributed by atoms with Crippen LogP contribution in [0, 0.1) is 17.8 Å². The highest BCUT2D eigenvalue weighted by Gasteiger charge is 2.34. The summed E-state index contributed by atoms with van der Waals surface area (Å²) in [6, 6.07) is 12.4. The van der Waals surface area contributed by atoms with Gasteiger partial charge in [0.1, 0.15) is 6.10 Å². The summed E-state index contributed by atoms with van der Waals surface area (Å²) in [5.41, 5.74) is 3.09. The number of anilines is 1. The number of ether oxygens (including phenoxy) is 2. The number of aryl methyl sites for hydroxylation is 2. The van der Waals surface area contributed by atoms with Crippen molar-refractivity contribution in [3.8, 4) is 0 Å². The number of esters is 2. The Bertz CT molecular complexity index is 1050. The third kappa shape index (κ3) is 6.74. The number of benzene rings is 2. The summed E-state index contributed by atoms with van der Waals surface area (Å²) in [5, 5.41) is 2.89. The molecule has 194 valence electrons. The molecule has 1 amide bonds. The predicted molar refractivity (Wildman–Crippen MR) is 141 cm³/mol. The highest BCUT2D eigenvalue weighted by Crippen LogP contribution is 2.36. The Hall–Kier alpha value is -3.15. The minimum atomic E-state index is -0.727. The molecule has 0 aromatic heterocycles. The molecule has 0 aliphatic heterocycles. The second-order valence-electron chi connectivity index (χ2n) is 10.1. The van der Waals surface area contributed by atoms with Gasteiger partial charge in [-0.05, 0) is 66.7 Å². The lowest BCUT2D eigenvalue weighted by Gasteiger charge is -2.36. The predicted octanol–water partition coefficient (Wildman–Crippen LogP) is 6.22. The van der Waals surface area contributed by atoms with Gasteiger partial charge in [0.25, 0.3) is 5.91 Å². The number of hydrogen-bond donors (Lipinski definition) is 1. The molecule has 1 aliphatic rings. The van der Waals surface area contributed by atoms with Crippen molar-refractivity contribution in [3.05, 3.63) is 64.7 Å². The lowest BCUT2D eigenvalue weighted by atomic mass is 9.75. The number of carbonyl (C=O) groups excluding carboxylic acids is 3. The molecular formula is C30H39NO5. The zero-order chi connectivity index (χ0) is 26.2.